The first-order valence-electron chi connectivity index (χ1n) is 16.8. The molecule has 256 valence electrons. The first-order valence-corrected chi connectivity index (χ1v) is 18.3. The van der Waals surface area contributed by atoms with Crippen molar-refractivity contribution in [2.24, 2.45) is 5.92 Å². The van der Waals surface area contributed by atoms with E-state index in [1.165, 1.54) is 11.1 Å². The second-order valence-electron chi connectivity index (χ2n) is 13.1. The minimum Gasteiger partial charge on any atom is -0.491 e. The molecule has 3 heterocycles. The summed E-state index contributed by atoms with van der Waals surface area (Å²) in [6.07, 6.45) is 8.07. The minimum absolute atomic E-state index is 0.00788. The van der Waals surface area contributed by atoms with Crippen LogP contribution in [0.1, 0.15) is 70.4 Å². The molecule has 0 aromatic heterocycles. The average Bonchev–Trinajstić information content (AvgIpc) is 3.19. The van der Waals surface area contributed by atoms with Crippen LogP contribution in [0.5, 0.6) is 5.75 Å². The van der Waals surface area contributed by atoms with E-state index in [1.807, 2.05) is 35.3 Å². The maximum absolute atomic E-state index is 13.4. The SMILES string of the molecule is CCCc1cc(Cl)ccc1C1COc2ccc3cc2N(CCC(CC)C(OCC(=O)N2CCC2)/C=C/COC(C)(C)C(=O)NS3=O)C1. The van der Waals surface area contributed by atoms with Crippen molar-refractivity contribution in [1.82, 2.24) is 9.62 Å². The summed E-state index contributed by atoms with van der Waals surface area (Å²) >= 11 is 6.42. The molecule has 47 heavy (non-hydrogen) atoms. The molecule has 2 aromatic carbocycles. The summed E-state index contributed by atoms with van der Waals surface area (Å²) < 4.78 is 34.8. The number of anilines is 1. The van der Waals surface area contributed by atoms with E-state index in [1.54, 1.807) is 19.9 Å². The highest BCUT2D eigenvalue weighted by Crippen LogP contribution is 2.38. The van der Waals surface area contributed by atoms with Crippen molar-refractivity contribution in [2.45, 2.75) is 82.3 Å². The number of likely N-dealkylation sites (tertiary alicyclic amines) is 1. The Kier molecular flexibility index (Phi) is 12.0. The molecular weight excluding hydrogens is 638 g/mol. The smallest absolute Gasteiger partial charge is 0.263 e. The summed E-state index contributed by atoms with van der Waals surface area (Å²) in [6.45, 7) is 11.2. The number of nitrogens with one attached hydrogen (secondary N) is 1. The number of halogens is 1. The fourth-order valence-electron chi connectivity index (χ4n) is 6.32. The molecule has 0 aliphatic carbocycles. The quantitative estimate of drug-likeness (QED) is 0.368. The van der Waals surface area contributed by atoms with Crippen LogP contribution < -0.4 is 14.4 Å². The van der Waals surface area contributed by atoms with Crippen LogP contribution in [-0.4, -0.2) is 78.6 Å². The summed E-state index contributed by atoms with van der Waals surface area (Å²) in [4.78, 5) is 30.5. The lowest BCUT2D eigenvalue weighted by Gasteiger charge is -2.33. The van der Waals surface area contributed by atoms with Gasteiger partial charge in [0.15, 0.2) is 11.0 Å². The zero-order valence-corrected chi connectivity index (χ0v) is 29.5. The number of aryl methyl sites for hydroxylation is 1. The Hall–Kier alpha value is -2.92. The third-order valence-electron chi connectivity index (χ3n) is 9.40. The van der Waals surface area contributed by atoms with E-state index in [0.29, 0.717) is 30.3 Å². The summed E-state index contributed by atoms with van der Waals surface area (Å²) in [5.74, 6) is 0.406. The second-order valence-corrected chi connectivity index (χ2v) is 14.7. The van der Waals surface area contributed by atoms with Gasteiger partial charge in [0.25, 0.3) is 5.91 Å². The Bertz CT molecular complexity index is 1480. The predicted molar refractivity (Wildman–Crippen MR) is 185 cm³/mol. The number of carbonyl (C=O) groups excluding carboxylic acids is 2. The summed E-state index contributed by atoms with van der Waals surface area (Å²) in [5, 5.41) is 0.722. The van der Waals surface area contributed by atoms with Gasteiger partial charge >= 0.3 is 0 Å². The van der Waals surface area contributed by atoms with Gasteiger partial charge in [0.1, 0.15) is 18.0 Å². The molecule has 2 bridgehead atoms. The summed E-state index contributed by atoms with van der Waals surface area (Å²) in [6, 6.07) is 11.6. The van der Waals surface area contributed by atoms with Crippen molar-refractivity contribution in [2.75, 3.05) is 50.9 Å². The number of hydrogen-bond donors (Lipinski definition) is 1. The van der Waals surface area contributed by atoms with Gasteiger partial charge in [-0.05, 0) is 80.5 Å². The number of rotatable bonds is 7. The Morgan fingerprint density at radius 1 is 1.15 bits per heavy atom. The maximum Gasteiger partial charge on any atom is 0.263 e. The second kappa shape index (κ2) is 16.0. The Morgan fingerprint density at radius 3 is 2.68 bits per heavy atom. The molecule has 3 aliphatic rings. The van der Waals surface area contributed by atoms with Gasteiger partial charge in [-0.1, -0.05) is 56.5 Å². The van der Waals surface area contributed by atoms with Crippen molar-refractivity contribution in [3.63, 3.8) is 0 Å². The van der Waals surface area contributed by atoms with Crippen LogP contribution in [0.3, 0.4) is 0 Å². The van der Waals surface area contributed by atoms with E-state index in [0.717, 1.165) is 55.9 Å². The normalized spacial score (nSPS) is 25.6. The third kappa shape index (κ3) is 8.76. The molecule has 3 aliphatic heterocycles. The van der Waals surface area contributed by atoms with E-state index >= 15 is 0 Å². The molecule has 0 radical (unpaired) electrons. The third-order valence-corrected chi connectivity index (χ3v) is 10.7. The zero-order chi connectivity index (χ0) is 33.6. The molecule has 0 spiro atoms. The van der Waals surface area contributed by atoms with Gasteiger partial charge in [0.05, 0.1) is 29.9 Å². The fourth-order valence-corrected chi connectivity index (χ4v) is 7.46. The van der Waals surface area contributed by atoms with E-state index < -0.39 is 22.5 Å². The molecule has 4 atom stereocenters. The van der Waals surface area contributed by atoms with E-state index in [4.69, 9.17) is 25.8 Å². The summed E-state index contributed by atoms with van der Waals surface area (Å²) in [5.41, 5.74) is 2.04. The lowest BCUT2D eigenvalue weighted by Crippen LogP contribution is -2.45. The highest BCUT2D eigenvalue weighted by molar-refractivity contribution is 7.83. The molecule has 2 amide bonds. The highest BCUT2D eigenvalue weighted by Gasteiger charge is 2.32. The van der Waals surface area contributed by atoms with Gasteiger partial charge in [-0.3, -0.25) is 14.3 Å². The van der Waals surface area contributed by atoms with Crippen LogP contribution >= 0.6 is 11.6 Å². The van der Waals surface area contributed by atoms with Gasteiger partial charge < -0.3 is 24.0 Å². The van der Waals surface area contributed by atoms with Crippen LogP contribution in [0.15, 0.2) is 53.4 Å². The molecule has 11 heteroatoms. The van der Waals surface area contributed by atoms with E-state index in [9.17, 15) is 13.8 Å². The van der Waals surface area contributed by atoms with E-state index in [2.05, 4.69) is 35.6 Å². The summed E-state index contributed by atoms with van der Waals surface area (Å²) in [7, 11) is -1.80. The number of nitrogens with zero attached hydrogens (tertiary/aromatic N) is 2. The molecule has 1 fully saturated rings. The van der Waals surface area contributed by atoms with Crippen LogP contribution in [0.25, 0.3) is 0 Å². The Balaban J connectivity index is 1.49. The number of amides is 2. The molecule has 5 rings (SSSR count). The van der Waals surface area contributed by atoms with Crippen molar-refractivity contribution < 1.29 is 28.0 Å². The lowest BCUT2D eigenvalue weighted by atomic mass is 9.91. The molecule has 1 saturated heterocycles. The topological polar surface area (TPSA) is 97.4 Å². The predicted octanol–water partition coefficient (Wildman–Crippen LogP) is 5.81. The monoisotopic (exact) mass is 685 g/mol. The average molecular weight is 686 g/mol. The van der Waals surface area contributed by atoms with Crippen LogP contribution in [0, 0.1) is 5.92 Å². The maximum atomic E-state index is 13.4. The number of fused-ring (bicyclic) bond motifs is 1. The van der Waals surface area contributed by atoms with Crippen molar-refractivity contribution in [3.05, 3.63) is 64.7 Å². The molecular formula is C36H48ClN3O6S. The molecule has 1 N–H and O–H groups in total. The largest absolute Gasteiger partial charge is 0.491 e. The molecule has 2 aromatic rings. The van der Waals surface area contributed by atoms with Crippen molar-refractivity contribution in [1.29, 1.82) is 0 Å². The molecule has 0 saturated carbocycles. The van der Waals surface area contributed by atoms with Crippen LogP contribution in [0.2, 0.25) is 5.02 Å². The highest BCUT2D eigenvalue weighted by atomic mass is 35.5. The molecule has 4 unspecified atom stereocenters. The van der Waals surface area contributed by atoms with Gasteiger partial charge in [-0.25, -0.2) is 4.21 Å². The van der Waals surface area contributed by atoms with E-state index in [-0.39, 0.29) is 37.1 Å². The van der Waals surface area contributed by atoms with Crippen LogP contribution in [-0.2, 0) is 36.5 Å². The number of hydrogen-bond acceptors (Lipinski definition) is 7. The first-order chi connectivity index (χ1) is 22.6. The fraction of sp³-hybridized carbons (Fsp3) is 0.556. The van der Waals surface area contributed by atoms with Crippen LogP contribution in [0.4, 0.5) is 5.69 Å². The van der Waals surface area contributed by atoms with Crippen molar-refractivity contribution >= 4 is 40.1 Å². The standard InChI is InChI=1S/C36H48ClN3O6S/c1-5-9-26-20-28(37)11-13-30(26)27-22-40-18-15-25(6-2)32(45-24-34(41)39-16-8-17-39)10-7-19-46-36(3,4)35(42)38-47(43)29-12-14-33(44-23-27)31(40)21-29/h7,10-14,20-21,25,27,32H,5-6,8-9,15-19,22-24H2,1-4H3,(H,38,42)/b10-7+. The lowest BCUT2D eigenvalue weighted by molar-refractivity contribution is -0.142. The molecule has 9 nitrogen and oxygen atoms in total. The first kappa shape index (κ1) is 35.4. The van der Waals surface area contributed by atoms with Gasteiger partial charge in [-0.2, -0.15) is 0 Å². The number of benzene rings is 2. The van der Waals surface area contributed by atoms with Gasteiger partial charge in [0, 0.05) is 37.1 Å². The van der Waals surface area contributed by atoms with Crippen molar-refractivity contribution in [3.8, 4) is 5.75 Å². The Labute approximate surface area is 286 Å². The minimum atomic E-state index is -1.80. The number of ether oxygens (including phenoxy) is 3. The van der Waals surface area contributed by atoms with Gasteiger partial charge in [-0.15, -0.1) is 0 Å². The van der Waals surface area contributed by atoms with Gasteiger partial charge in [0.2, 0.25) is 5.91 Å². The zero-order valence-electron chi connectivity index (χ0n) is 28.0. The Morgan fingerprint density at radius 2 is 1.96 bits per heavy atom. The number of carbonyl (C=O) groups is 2.